The number of hydrogen-bond donors (Lipinski definition) is 0. The molecule has 3 aromatic heterocycles. The number of hydrogen-bond acceptors (Lipinski definition) is 6. The molecular weight excluding hydrogens is 382 g/mol. The van der Waals surface area contributed by atoms with Crippen molar-refractivity contribution in [2.75, 3.05) is 25.0 Å². The van der Waals surface area contributed by atoms with Crippen LogP contribution >= 0.6 is 11.3 Å². The van der Waals surface area contributed by atoms with Crippen LogP contribution in [0.15, 0.2) is 29.4 Å². The van der Waals surface area contributed by atoms with Crippen molar-refractivity contribution in [2.45, 2.75) is 38.1 Å². The number of rotatable bonds is 5. The second-order valence-electron chi connectivity index (χ2n) is 6.96. The van der Waals surface area contributed by atoms with Gasteiger partial charge in [-0.1, -0.05) is 0 Å². The first-order valence-corrected chi connectivity index (χ1v) is 11.2. The third kappa shape index (κ3) is 3.35. The smallest absolute Gasteiger partial charge is 0.244 e. The Morgan fingerprint density at radius 1 is 1.22 bits per heavy atom. The molecule has 4 rings (SSSR count). The topological polar surface area (TPSA) is 70.8 Å². The Hall–Kier alpha value is -1.97. The van der Waals surface area contributed by atoms with E-state index in [9.17, 15) is 8.42 Å². The molecule has 9 heteroatoms. The molecule has 4 heterocycles. The molecule has 0 amide bonds. The van der Waals surface area contributed by atoms with Crippen molar-refractivity contribution >= 4 is 32.1 Å². The van der Waals surface area contributed by atoms with Gasteiger partial charge in [-0.2, -0.15) is 4.31 Å². The lowest BCUT2D eigenvalue weighted by molar-refractivity contribution is 0.477. The Balaban J connectivity index is 1.55. The van der Waals surface area contributed by atoms with E-state index in [1.165, 1.54) is 11.1 Å². The molecule has 27 heavy (non-hydrogen) atoms. The maximum Gasteiger partial charge on any atom is 0.244 e. The number of thiazole rings is 1. The van der Waals surface area contributed by atoms with Gasteiger partial charge in [-0.15, -0.1) is 11.3 Å². The van der Waals surface area contributed by atoms with Gasteiger partial charge in [0.1, 0.15) is 10.7 Å². The van der Waals surface area contributed by atoms with Crippen LogP contribution in [0.3, 0.4) is 0 Å². The van der Waals surface area contributed by atoms with Crippen molar-refractivity contribution < 1.29 is 8.42 Å². The quantitative estimate of drug-likeness (QED) is 0.653. The zero-order chi connectivity index (χ0) is 19.2. The highest BCUT2D eigenvalue weighted by molar-refractivity contribution is 7.89. The molecular formula is C18H23N5O2S2. The summed E-state index contributed by atoms with van der Waals surface area (Å²) in [5, 5.41) is 0. The van der Waals surface area contributed by atoms with Crippen molar-refractivity contribution in [1.29, 1.82) is 0 Å². The molecule has 1 saturated heterocycles. The summed E-state index contributed by atoms with van der Waals surface area (Å²) in [6.07, 6.45) is 5.42. The monoisotopic (exact) mass is 405 g/mol. The van der Waals surface area contributed by atoms with Gasteiger partial charge in [-0.3, -0.25) is 4.40 Å². The van der Waals surface area contributed by atoms with Gasteiger partial charge in [0.15, 0.2) is 4.96 Å². The van der Waals surface area contributed by atoms with Crippen LogP contribution in [-0.2, 0) is 16.6 Å². The zero-order valence-electron chi connectivity index (χ0n) is 15.7. The van der Waals surface area contributed by atoms with E-state index in [1.807, 2.05) is 18.9 Å². The fraction of sp³-hybridized carbons (Fsp3) is 0.444. The molecule has 1 aliphatic heterocycles. The van der Waals surface area contributed by atoms with Gasteiger partial charge in [0, 0.05) is 37.4 Å². The minimum Gasteiger partial charge on any atom is -0.354 e. The van der Waals surface area contributed by atoms with Crippen molar-refractivity contribution in [2.24, 2.45) is 0 Å². The second kappa shape index (κ2) is 6.88. The molecule has 1 fully saturated rings. The largest absolute Gasteiger partial charge is 0.354 e. The van der Waals surface area contributed by atoms with Crippen LogP contribution in [0.25, 0.3) is 4.96 Å². The van der Waals surface area contributed by atoms with E-state index in [4.69, 9.17) is 0 Å². The van der Waals surface area contributed by atoms with Gasteiger partial charge >= 0.3 is 0 Å². The standard InChI is InChI=1S/C18H23N5O2S2/c1-13-11-23-16(14(2)20-18(23)26-13)12-21(3)17-7-6-15(10-19-17)27(24,25)22-8-4-5-9-22/h6-7,10-11H,4-5,8-9,12H2,1-3H3. The molecule has 0 spiro atoms. The highest BCUT2D eigenvalue weighted by Crippen LogP contribution is 2.24. The highest BCUT2D eigenvalue weighted by Gasteiger charge is 2.27. The number of imidazole rings is 1. The lowest BCUT2D eigenvalue weighted by Gasteiger charge is -2.19. The third-order valence-electron chi connectivity index (χ3n) is 4.94. The van der Waals surface area contributed by atoms with Crippen molar-refractivity contribution in [1.82, 2.24) is 18.7 Å². The first kappa shape index (κ1) is 18.4. The SMILES string of the molecule is Cc1cn2c(CN(C)c3ccc(S(=O)(=O)N4CCCC4)cn3)c(C)nc2s1. The van der Waals surface area contributed by atoms with Crippen LogP contribution in [-0.4, -0.2) is 47.2 Å². The molecule has 0 unspecified atom stereocenters. The summed E-state index contributed by atoms with van der Waals surface area (Å²) in [7, 11) is -1.47. The van der Waals surface area contributed by atoms with E-state index in [0.717, 1.165) is 35.0 Å². The van der Waals surface area contributed by atoms with E-state index in [1.54, 1.807) is 27.8 Å². The van der Waals surface area contributed by atoms with Crippen LogP contribution < -0.4 is 4.90 Å². The molecule has 0 radical (unpaired) electrons. The van der Waals surface area contributed by atoms with Crippen LogP contribution in [0.4, 0.5) is 5.82 Å². The number of aromatic nitrogens is 3. The first-order valence-electron chi connectivity index (χ1n) is 8.97. The van der Waals surface area contributed by atoms with Crippen LogP contribution in [0.5, 0.6) is 0 Å². The summed E-state index contributed by atoms with van der Waals surface area (Å²) >= 11 is 1.67. The first-order chi connectivity index (χ1) is 12.9. The molecule has 0 atom stereocenters. The Bertz CT molecular complexity index is 1060. The van der Waals surface area contributed by atoms with Gasteiger partial charge in [0.05, 0.1) is 17.9 Å². The average molecular weight is 406 g/mol. The van der Waals surface area contributed by atoms with Crippen LogP contribution in [0.2, 0.25) is 0 Å². The lowest BCUT2D eigenvalue weighted by Crippen LogP contribution is -2.28. The number of sulfonamides is 1. The van der Waals surface area contributed by atoms with Crippen LogP contribution in [0.1, 0.15) is 29.1 Å². The predicted octanol–water partition coefficient (Wildman–Crippen LogP) is 2.83. The van der Waals surface area contributed by atoms with Crippen molar-refractivity contribution in [3.05, 3.63) is 40.8 Å². The number of nitrogens with zero attached hydrogens (tertiary/aromatic N) is 5. The second-order valence-corrected chi connectivity index (χ2v) is 10.1. The Labute approximate surface area is 163 Å². The fourth-order valence-electron chi connectivity index (χ4n) is 3.43. The van der Waals surface area contributed by atoms with E-state index in [0.29, 0.717) is 19.6 Å². The van der Waals surface area contributed by atoms with E-state index in [-0.39, 0.29) is 4.90 Å². The molecule has 3 aromatic rings. The number of anilines is 1. The summed E-state index contributed by atoms with van der Waals surface area (Å²) < 4.78 is 28.9. The molecule has 0 N–H and O–H groups in total. The Morgan fingerprint density at radius 2 is 1.96 bits per heavy atom. The molecule has 0 aliphatic carbocycles. The molecule has 0 aromatic carbocycles. The highest BCUT2D eigenvalue weighted by atomic mass is 32.2. The molecule has 144 valence electrons. The van der Waals surface area contributed by atoms with Gasteiger partial charge in [0.2, 0.25) is 10.0 Å². The number of aryl methyl sites for hydroxylation is 2. The summed E-state index contributed by atoms with van der Waals surface area (Å²) in [4.78, 5) is 13.5. The summed E-state index contributed by atoms with van der Waals surface area (Å²) in [6.45, 7) is 5.93. The minimum atomic E-state index is -3.42. The lowest BCUT2D eigenvalue weighted by atomic mass is 10.3. The maximum atomic E-state index is 12.6. The van der Waals surface area contributed by atoms with Gasteiger partial charge in [-0.05, 0) is 38.8 Å². The van der Waals surface area contributed by atoms with E-state index in [2.05, 4.69) is 27.5 Å². The number of fused-ring (bicyclic) bond motifs is 1. The fourth-order valence-corrected chi connectivity index (χ4v) is 5.79. The van der Waals surface area contributed by atoms with Gasteiger partial charge in [0.25, 0.3) is 0 Å². The summed E-state index contributed by atoms with van der Waals surface area (Å²) in [5.41, 5.74) is 2.12. The van der Waals surface area contributed by atoms with E-state index < -0.39 is 10.0 Å². The third-order valence-corrected chi connectivity index (χ3v) is 7.72. The molecule has 7 nitrogen and oxygen atoms in total. The molecule has 0 bridgehead atoms. The van der Waals surface area contributed by atoms with Gasteiger partial charge < -0.3 is 4.90 Å². The van der Waals surface area contributed by atoms with Crippen LogP contribution in [0, 0.1) is 13.8 Å². The molecule has 1 aliphatic rings. The van der Waals surface area contributed by atoms with E-state index >= 15 is 0 Å². The number of pyridine rings is 1. The van der Waals surface area contributed by atoms with Gasteiger partial charge in [-0.25, -0.2) is 18.4 Å². The average Bonchev–Trinajstić information content (AvgIpc) is 3.34. The minimum absolute atomic E-state index is 0.262. The normalized spacial score (nSPS) is 15.7. The Morgan fingerprint density at radius 3 is 2.63 bits per heavy atom. The van der Waals surface area contributed by atoms with Crippen molar-refractivity contribution in [3.8, 4) is 0 Å². The maximum absolute atomic E-state index is 12.6. The Kier molecular flexibility index (Phi) is 4.69. The predicted molar refractivity (Wildman–Crippen MR) is 107 cm³/mol. The zero-order valence-corrected chi connectivity index (χ0v) is 17.3. The summed E-state index contributed by atoms with van der Waals surface area (Å²) in [6, 6.07) is 3.43. The molecule has 0 saturated carbocycles. The van der Waals surface area contributed by atoms with Crippen molar-refractivity contribution in [3.63, 3.8) is 0 Å². The summed E-state index contributed by atoms with van der Waals surface area (Å²) in [5.74, 6) is 0.733.